The van der Waals surface area contributed by atoms with Crippen LogP contribution in [0.15, 0.2) is 41.1 Å². The summed E-state index contributed by atoms with van der Waals surface area (Å²) < 4.78 is 5.27. The van der Waals surface area contributed by atoms with Crippen molar-refractivity contribution in [3.63, 3.8) is 0 Å². The largest absolute Gasteiger partial charge is 0.338 e. The van der Waals surface area contributed by atoms with Crippen LogP contribution < -0.4 is 5.32 Å². The van der Waals surface area contributed by atoms with Gasteiger partial charge in [0.05, 0.1) is 17.2 Å². The standard InChI is InChI=1S/C20H21N5O/c1-13-14(2)25-26-19(13)24-17-8-9-22-18(23-17)11-15-6-5-7-16(10-15)20(3,4)12-21/h5-10H,11H2,1-4H3,(H,22,23,24). The predicted molar refractivity (Wildman–Crippen MR) is 99.2 cm³/mol. The minimum Gasteiger partial charge on any atom is -0.338 e. The van der Waals surface area contributed by atoms with Gasteiger partial charge >= 0.3 is 0 Å². The van der Waals surface area contributed by atoms with Gasteiger partial charge in [0.25, 0.3) is 0 Å². The third-order valence-electron chi connectivity index (χ3n) is 4.39. The van der Waals surface area contributed by atoms with E-state index in [1.807, 2.05) is 52.0 Å². The predicted octanol–water partition coefficient (Wildman–Crippen LogP) is 4.22. The van der Waals surface area contributed by atoms with Crippen LogP contribution in [0.1, 0.15) is 42.1 Å². The quantitative estimate of drug-likeness (QED) is 0.743. The Bertz CT molecular complexity index is 968. The number of aromatic nitrogens is 3. The molecule has 6 nitrogen and oxygen atoms in total. The van der Waals surface area contributed by atoms with Crippen LogP contribution in [-0.2, 0) is 11.8 Å². The molecule has 0 aliphatic carbocycles. The average molecular weight is 347 g/mol. The Kier molecular flexibility index (Phi) is 4.72. The zero-order valence-electron chi connectivity index (χ0n) is 15.4. The van der Waals surface area contributed by atoms with Crippen molar-refractivity contribution in [2.45, 2.75) is 39.5 Å². The van der Waals surface area contributed by atoms with E-state index in [-0.39, 0.29) is 0 Å². The first kappa shape index (κ1) is 17.6. The summed E-state index contributed by atoms with van der Waals surface area (Å²) >= 11 is 0. The third-order valence-corrected chi connectivity index (χ3v) is 4.39. The SMILES string of the molecule is Cc1noc(Nc2ccnc(Cc3cccc(C(C)(C)C#N)c3)n2)c1C. The smallest absolute Gasteiger partial charge is 0.233 e. The molecule has 1 aromatic carbocycles. The highest BCUT2D eigenvalue weighted by atomic mass is 16.5. The molecule has 1 N–H and O–H groups in total. The fraction of sp³-hybridized carbons (Fsp3) is 0.300. The molecule has 0 spiro atoms. The minimum atomic E-state index is -0.526. The van der Waals surface area contributed by atoms with Crippen molar-refractivity contribution >= 4 is 11.7 Å². The van der Waals surface area contributed by atoms with Crippen molar-refractivity contribution in [1.29, 1.82) is 5.26 Å². The Hall–Kier alpha value is -3.20. The Balaban J connectivity index is 1.80. The van der Waals surface area contributed by atoms with Gasteiger partial charge in [0.2, 0.25) is 5.88 Å². The van der Waals surface area contributed by atoms with Crippen LogP contribution in [0, 0.1) is 25.2 Å². The summed E-state index contributed by atoms with van der Waals surface area (Å²) in [6.45, 7) is 7.66. The van der Waals surface area contributed by atoms with Gasteiger partial charge in [0.15, 0.2) is 0 Å². The molecule has 0 atom stereocenters. The van der Waals surface area contributed by atoms with E-state index in [1.54, 1.807) is 12.3 Å². The lowest BCUT2D eigenvalue weighted by Crippen LogP contribution is -2.14. The fourth-order valence-electron chi connectivity index (χ4n) is 2.52. The first-order valence-corrected chi connectivity index (χ1v) is 8.41. The average Bonchev–Trinajstić information content (AvgIpc) is 2.94. The zero-order chi connectivity index (χ0) is 18.7. The Morgan fingerprint density at radius 3 is 2.73 bits per heavy atom. The molecule has 0 aliphatic rings. The van der Waals surface area contributed by atoms with Crippen molar-refractivity contribution in [2.75, 3.05) is 5.32 Å². The van der Waals surface area contributed by atoms with Crippen molar-refractivity contribution in [1.82, 2.24) is 15.1 Å². The van der Waals surface area contributed by atoms with Gasteiger partial charge in [0.1, 0.15) is 11.6 Å². The lowest BCUT2D eigenvalue weighted by Gasteiger charge is -2.16. The second-order valence-corrected chi connectivity index (χ2v) is 6.82. The van der Waals surface area contributed by atoms with Crippen LogP contribution in [0.25, 0.3) is 0 Å². The van der Waals surface area contributed by atoms with E-state index in [4.69, 9.17) is 4.52 Å². The van der Waals surface area contributed by atoms with E-state index in [2.05, 4.69) is 26.5 Å². The van der Waals surface area contributed by atoms with E-state index in [9.17, 15) is 5.26 Å². The summed E-state index contributed by atoms with van der Waals surface area (Å²) in [5.74, 6) is 1.93. The third kappa shape index (κ3) is 3.72. The molecule has 0 radical (unpaired) electrons. The number of hydrogen-bond acceptors (Lipinski definition) is 6. The van der Waals surface area contributed by atoms with Gasteiger partial charge in [-0.15, -0.1) is 0 Å². The topological polar surface area (TPSA) is 87.6 Å². The molecule has 0 fully saturated rings. The monoisotopic (exact) mass is 347 g/mol. The maximum absolute atomic E-state index is 9.33. The summed E-state index contributed by atoms with van der Waals surface area (Å²) in [7, 11) is 0. The Labute approximate surface area is 152 Å². The molecule has 2 aromatic heterocycles. The van der Waals surface area contributed by atoms with Gasteiger partial charge in [-0.2, -0.15) is 5.26 Å². The number of aryl methyl sites for hydroxylation is 1. The fourth-order valence-corrected chi connectivity index (χ4v) is 2.52. The summed E-state index contributed by atoms with van der Waals surface area (Å²) in [6.07, 6.45) is 2.30. The first-order chi connectivity index (χ1) is 12.4. The van der Waals surface area contributed by atoms with Crippen LogP contribution in [0.2, 0.25) is 0 Å². The van der Waals surface area contributed by atoms with E-state index >= 15 is 0 Å². The number of rotatable bonds is 5. The summed E-state index contributed by atoms with van der Waals surface area (Å²) in [4.78, 5) is 8.90. The lowest BCUT2D eigenvalue weighted by atomic mass is 9.85. The van der Waals surface area contributed by atoms with Gasteiger partial charge in [0, 0.05) is 18.2 Å². The van der Waals surface area contributed by atoms with E-state index < -0.39 is 5.41 Å². The summed E-state index contributed by atoms with van der Waals surface area (Å²) in [6, 6.07) is 12.1. The molecule has 0 aliphatic heterocycles. The molecule has 132 valence electrons. The van der Waals surface area contributed by atoms with Crippen molar-refractivity contribution < 1.29 is 4.52 Å². The normalized spacial score (nSPS) is 11.2. The maximum atomic E-state index is 9.33. The molecule has 0 saturated carbocycles. The molecule has 0 bridgehead atoms. The number of nitrogens with zero attached hydrogens (tertiary/aromatic N) is 4. The molecule has 0 unspecified atom stereocenters. The van der Waals surface area contributed by atoms with Crippen LogP contribution in [-0.4, -0.2) is 15.1 Å². The van der Waals surface area contributed by atoms with Crippen molar-refractivity contribution in [3.8, 4) is 6.07 Å². The molecule has 0 saturated heterocycles. The molecule has 0 amide bonds. The van der Waals surface area contributed by atoms with Crippen LogP contribution in [0.4, 0.5) is 11.7 Å². The van der Waals surface area contributed by atoms with Crippen molar-refractivity contribution in [2.24, 2.45) is 0 Å². The van der Waals surface area contributed by atoms with Crippen LogP contribution in [0.5, 0.6) is 0 Å². The second kappa shape index (κ2) is 6.96. The number of anilines is 2. The second-order valence-electron chi connectivity index (χ2n) is 6.82. The van der Waals surface area contributed by atoms with E-state index in [1.165, 1.54) is 0 Å². The first-order valence-electron chi connectivity index (χ1n) is 8.41. The molecular weight excluding hydrogens is 326 g/mol. The summed E-state index contributed by atoms with van der Waals surface area (Å²) in [5.41, 5.74) is 3.33. The zero-order valence-corrected chi connectivity index (χ0v) is 15.4. The number of nitriles is 1. The molecule has 6 heteroatoms. The number of benzene rings is 1. The van der Waals surface area contributed by atoms with Crippen molar-refractivity contribution in [3.05, 3.63) is 64.7 Å². The Morgan fingerprint density at radius 1 is 1.23 bits per heavy atom. The lowest BCUT2D eigenvalue weighted by molar-refractivity contribution is 0.429. The number of hydrogen-bond donors (Lipinski definition) is 1. The highest BCUT2D eigenvalue weighted by Crippen LogP contribution is 2.24. The molecular formula is C20H21N5O. The molecule has 26 heavy (non-hydrogen) atoms. The highest BCUT2D eigenvalue weighted by Gasteiger charge is 2.19. The van der Waals surface area contributed by atoms with E-state index in [0.29, 0.717) is 23.9 Å². The van der Waals surface area contributed by atoms with Gasteiger partial charge in [-0.25, -0.2) is 9.97 Å². The van der Waals surface area contributed by atoms with Gasteiger partial charge in [-0.05, 0) is 44.9 Å². The van der Waals surface area contributed by atoms with Gasteiger partial charge in [-0.3, -0.25) is 0 Å². The summed E-state index contributed by atoms with van der Waals surface area (Å²) in [5, 5.41) is 16.4. The maximum Gasteiger partial charge on any atom is 0.233 e. The molecule has 2 heterocycles. The van der Waals surface area contributed by atoms with E-state index in [0.717, 1.165) is 22.4 Å². The Morgan fingerprint density at radius 2 is 2.04 bits per heavy atom. The minimum absolute atomic E-state index is 0.526. The van der Waals surface area contributed by atoms with Crippen LogP contribution in [0.3, 0.4) is 0 Å². The number of nitrogens with one attached hydrogen (secondary N) is 1. The highest BCUT2D eigenvalue weighted by molar-refractivity contribution is 5.54. The van der Waals surface area contributed by atoms with Gasteiger partial charge < -0.3 is 9.84 Å². The molecule has 3 rings (SSSR count). The molecule has 3 aromatic rings. The van der Waals surface area contributed by atoms with Crippen LogP contribution >= 0.6 is 0 Å². The van der Waals surface area contributed by atoms with Gasteiger partial charge in [-0.1, -0.05) is 29.4 Å².